The summed E-state index contributed by atoms with van der Waals surface area (Å²) in [7, 11) is 0. The largest absolute Gasteiger partial charge is 0.311 e. The monoisotopic (exact) mass is 797 g/mol. The first-order valence-electron chi connectivity index (χ1n) is 21.1. The molecule has 0 saturated carbocycles. The number of thiophene rings is 1. The van der Waals surface area contributed by atoms with E-state index in [0.29, 0.717) is 0 Å². The molecule has 1 aliphatic rings. The first-order valence-corrected chi connectivity index (χ1v) is 21.9. The van der Waals surface area contributed by atoms with Gasteiger partial charge >= 0.3 is 0 Å². The summed E-state index contributed by atoms with van der Waals surface area (Å²) >= 11 is 1.88. The van der Waals surface area contributed by atoms with E-state index in [1.807, 2.05) is 11.3 Å². The lowest BCUT2D eigenvalue weighted by molar-refractivity contribution is 0.595. The fourth-order valence-corrected chi connectivity index (χ4v) is 10.3. The van der Waals surface area contributed by atoms with Crippen molar-refractivity contribution in [1.29, 1.82) is 0 Å². The standard InChI is InChI=1S/C59H43NS/c1-59(50-30-26-43(27-31-50)46-16-9-17-47(38-46)49-25-24-42-14-5-6-15-45(42)39-49)36-34-52(35-37-59)60(53-19-10-18-48(40-53)41-12-3-2-4-13-41)51-32-28-44(29-33-51)54-21-11-22-56-55-20-7-8-23-57(55)61-58(54)56/h2-36,38-40H,37H2,1H3. The van der Waals surface area contributed by atoms with Gasteiger partial charge in [0.05, 0.1) is 0 Å². The number of anilines is 2. The summed E-state index contributed by atoms with van der Waals surface area (Å²) in [4.78, 5) is 2.41. The van der Waals surface area contributed by atoms with Crippen LogP contribution < -0.4 is 4.90 Å². The minimum atomic E-state index is -0.140. The van der Waals surface area contributed by atoms with Gasteiger partial charge in [0.25, 0.3) is 0 Å². The van der Waals surface area contributed by atoms with Gasteiger partial charge in [0, 0.05) is 42.7 Å². The summed E-state index contributed by atoms with van der Waals surface area (Å²) in [5.74, 6) is 0. The molecule has 0 bridgehead atoms. The molecule has 1 atom stereocenters. The maximum Gasteiger partial charge on any atom is 0.0467 e. The third-order valence-corrected chi connectivity index (χ3v) is 13.7. The maximum atomic E-state index is 2.42. The van der Waals surface area contributed by atoms with Crippen molar-refractivity contribution in [3.8, 4) is 44.5 Å². The molecule has 0 saturated heterocycles. The van der Waals surface area contributed by atoms with Crippen LogP contribution in [0.25, 0.3) is 75.5 Å². The van der Waals surface area contributed by atoms with Crippen LogP contribution in [0.15, 0.2) is 236 Å². The SMILES string of the molecule is CC1(c2ccc(-c3cccc(-c4ccc5ccccc5c4)c3)cc2)C=CC(N(c2ccc(-c3cccc4c3sc3ccccc34)cc2)c2cccc(-c3ccccc3)c2)=CC1. The highest BCUT2D eigenvalue weighted by molar-refractivity contribution is 7.26. The molecule has 290 valence electrons. The van der Waals surface area contributed by atoms with E-state index in [1.54, 1.807) is 0 Å². The van der Waals surface area contributed by atoms with E-state index in [2.05, 4.69) is 242 Å². The fourth-order valence-electron chi connectivity index (χ4n) is 9.06. The molecule has 0 N–H and O–H groups in total. The van der Waals surface area contributed by atoms with Gasteiger partial charge in [-0.2, -0.15) is 0 Å². The van der Waals surface area contributed by atoms with E-state index >= 15 is 0 Å². The van der Waals surface area contributed by atoms with Gasteiger partial charge < -0.3 is 4.90 Å². The molecule has 0 fully saturated rings. The zero-order valence-corrected chi connectivity index (χ0v) is 34.8. The average Bonchev–Trinajstić information content (AvgIpc) is 3.72. The fraction of sp³-hybridized carbons (Fsp3) is 0.0508. The Bertz CT molecular complexity index is 3280. The molecule has 0 spiro atoms. The van der Waals surface area contributed by atoms with Crippen LogP contribution in [0.1, 0.15) is 18.9 Å². The Morgan fingerprint density at radius 1 is 0.443 bits per heavy atom. The van der Waals surface area contributed by atoms with Gasteiger partial charge in [0.1, 0.15) is 0 Å². The van der Waals surface area contributed by atoms with Gasteiger partial charge in [-0.05, 0) is 116 Å². The zero-order valence-electron chi connectivity index (χ0n) is 34.0. The van der Waals surface area contributed by atoms with Gasteiger partial charge in [0.15, 0.2) is 0 Å². The smallest absolute Gasteiger partial charge is 0.0467 e. The number of hydrogen-bond acceptors (Lipinski definition) is 2. The van der Waals surface area contributed by atoms with Crippen LogP contribution in [0.5, 0.6) is 0 Å². The quantitative estimate of drug-likeness (QED) is 0.148. The minimum absolute atomic E-state index is 0.140. The van der Waals surface area contributed by atoms with Gasteiger partial charge in [0.2, 0.25) is 0 Å². The number of rotatable bonds is 8. The summed E-state index contributed by atoms with van der Waals surface area (Å²) in [6.45, 7) is 2.36. The molecular formula is C59H43NS. The summed E-state index contributed by atoms with van der Waals surface area (Å²) < 4.78 is 2.66. The number of benzene rings is 9. The van der Waals surface area contributed by atoms with E-state index < -0.39 is 0 Å². The summed E-state index contributed by atoms with van der Waals surface area (Å²) in [5, 5.41) is 5.18. The molecule has 0 radical (unpaired) electrons. The Morgan fingerprint density at radius 2 is 1.05 bits per heavy atom. The number of hydrogen-bond donors (Lipinski definition) is 0. The summed E-state index contributed by atoms with van der Waals surface area (Å²) in [6, 6.07) is 77.6. The third kappa shape index (κ3) is 6.95. The lowest BCUT2D eigenvalue weighted by atomic mass is 9.76. The Hall–Kier alpha value is -7.26. The predicted molar refractivity (Wildman–Crippen MR) is 263 cm³/mol. The van der Waals surface area contributed by atoms with Crippen LogP contribution in [-0.4, -0.2) is 0 Å². The highest BCUT2D eigenvalue weighted by atomic mass is 32.1. The minimum Gasteiger partial charge on any atom is -0.311 e. The molecule has 61 heavy (non-hydrogen) atoms. The van der Waals surface area contributed by atoms with Crippen LogP contribution >= 0.6 is 11.3 Å². The van der Waals surface area contributed by atoms with E-state index in [9.17, 15) is 0 Å². The predicted octanol–water partition coefficient (Wildman–Crippen LogP) is 16.8. The lowest BCUT2D eigenvalue weighted by Gasteiger charge is -2.33. The van der Waals surface area contributed by atoms with E-state index in [-0.39, 0.29) is 5.41 Å². The van der Waals surface area contributed by atoms with Crippen LogP contribution in [0, 0.1) is 0 Å². The Balaban J connectivity index is 0.899. The molecule has 1 nitrogen and oxygen atoms in total. The highest BCUT2D eigenvalue weighted by Crippen LogP contribution is 2.43. The molecule has 0 aliphatic heterocycles. The second-order valence-electron chi connectivity index (χ2n) is 16.4. The molecule has 0 amide bonds. The van der Waals surface area contributed by atoms with Gasteiger partial charge in [-0.1, -0.05) is 189 Å². The summed E-state index contributed by atoms with van der Waals surface area (Å²) in [5.41, 5.74) is 14.4. The highest BCUT2D eigenvalue weighted by Gasteiger charge is 2.27. The van der Waals surface area contributed by atoms with Crippen molar-refractivity contribution in [2.45, 2.75) is 18.8 Å². The number of allylic oxidation sites excluding steroid dienone is 3. The van der Waals surface area contributed by atoms with Gasteiger partial charge in [-0.3, -0.25) is 0 Å². The van der Waals surface area contributed by atoms with Gasteiger partial charge in [-0.15, -0.1) is 11.3 Å². The zero-order chi connectivity index (χ0) is 40.8. The second kappa shape index (κ2) is 15.4. The Labute approximate surface area is 361 Å². The third-order valence-electron chi connectivity index (χ3n) is 12.5. The Kier molecular flexibility index (Phi) is 9.29. The van der Waals surface area contributed by atoms with Crippen molar-refractivity contribution in [2.24, 2.45) is 0 Å². The molecule has 1 aliphatic carbocycles. The topological polar surface area (TPSA) is 3.24 Å². The van der Waals surface area contributed by atoms with E-state index in [0.717, 1.165) is 17.8 Å². The van der Waals surface area contributed by atoms with Crippen molar-refractivity contribution in [1.82, 2.24) is 0 Å². The second-order valence-corrected chi connectivity index (χ2v) is 17.4. The van der Waals surface area contributed by atoms with Crippen molar-refractivity contribution >= 4 is 53.7 Å². The van der Waals surface area contributed by atoms with E-state index in [1.165, 1.54) is 86.7 Å². The molecule has 1 aromatic heterocycles. The van der Waals surface area contributed by atoms with Gasteiger partial charge in [-0.25, -0.2) is 0 Å². The van der Waals surface area contributed by atoms with Crippen LogP contribution in [0.4, 0.5) is 11.4 Å². The number of nitrogens with zero attached hydrogens (tertiary/aromatic N) is 1. The van der Waals surface area contributed by atoms with Crippen LogP contribution in [0.3, 0.4) is 0 Å². The number of fused-ring (bicyclic) bond motifs is 4. The van der Waals surface area contributed by atoms with E-state index in [4.69, 9.17) is 0 Å². The van der Waals surface area contributed by atoms with Crippen molar-refractivity contribution < 1.29 is 0 Å². The van der Waals surface area contributed by atoms with Crippen LogP contribution in [0.2, 0.25) is 0 Å². The van der Waals surface area contributed by atoms with Crippen LogP contribution in [-0.2, 0) is 5.41 Å². The Morgan fingerprint density at radius 3 is 1.85 bits per heavy atom. The molecule has 2 heteroatoms. The molecule has 11 rings (SSSR count). The lowest BCUT2D eigenvalue weighted by Crippen LogP contribution is -2.24. The van der Waals surface area contributed by atoms with Crippen molar-refractivity contribution in [3.05, 3.63) is 242 Å². The molecule has 1 heterocycles. The normalized spacial score (nSPS) is 15.0. The maximum absolute atomic E-state index is 2.42. The first kappa shape index (κ1) is 36.8. The molecule has 9 aromatic carbocycles. The first-order chi connectivity index (χ1) is 30.1. The molecule has 1 unspecified atom stereocenters. The van der Waals surface area contributed by atoms with Crippen molar-refractivity contribution in [2.75, 3.05) is 4.90 Å². The summed E-state index contributed by atoms with van der Waals surface area (Å²) in [6.07, 6.45) is 8.03. The van der Waals surface area contributed by atoms with Crippen molar-refractivity contribution in [3.63, 3.8) is 0 Å². The molecular weight excluding hydrogens is 755 g/mol. The average molecular weight is 798 g/mol. The molecule has 10 aromatic rings.